The van der Waals surface area contributed by atoms with E-state index in [1.165, 1.54) is 16.7 Å². The zero-order valence-corrected chi connectivity index (χ0v) is 11.0. The Hall–Kier alpha value is -1.87. The minimum Gasteiger partial charge on any atom is -0.481 e. The molecule has 0 fully saturated rings. The van der Waals surface area contributed by atoms with Gasteiger partial charge in [-0.15, -0.1) is 0 Å². The number of nitrogens with one attached hydrogen (secondary N) is 1. The molecule has 0 saturated carbocycles. The second-order valence-electron chi connectivity index (χ2n) is 4.28. The molecule has 0 bridgehead atoms. The molecule has 0 spiro atoms. The summed E-state index contributed by atoms with van der Waals surface area (Å²) in [6, 6.07) is 10.4. The van der Waals surface area contributed by atoms with Crippen molar-refractivity contribution < 1.29 is 4.74 Å². The van der Waals surface area contributed by atoms with Crippen molar-refractivity contribution in [3.05, 3.63) is 47.7 Å². The molecule has 0 unspecified atom stereocenters. The molecule has 3 nitrogen and oxygen atoms in total. The minimum atomic E-state index is 0.640. The van der Waals surface area contributed by atoms with Crippen molar-refractivity contribution in [2.24, 2.45) is 0 Å². The summed E-state index contributed by atoms with van der Waals surface area (Å²) in [6.07, 6.45) is 1.85. The summed E-state index contributed by atoms with van der Waals surface area (Å²) in [6.45, 7) is 2.95. The van der Waals surface area contributed by atoms with Crippen molar-refractivity contribution in [3.63, 3.8) is 0 Å². The SMILES string of the molecule is CNCc1ccc(C)cc1-c1ccc(OC)nc1. The van der Waals surface area contributed by atoms with E-state index in [9.17, 15) is 0 Å². The summed E-state index contributed by atoms with van der Waals surface area (Å²) in [7, 11) is 3.58. The zero-order valence-electron chi connectivity index (χ0n) is 11.0. The van der Waals surface area contributed by atoms with Crippen molar-refractivity contribution in [1.29, 1.82) is 0 Å². The van der Waals surface area contributed by atoms with E-state index in [1.807, 2.05) is 25.4 Å². The lowest BCUT2D eigenvalue weighted by atomic mass is 9.99. The highest BCUT2D eigenvalue weighted by Gasteiger charge is 2.06. The van der Waals surface area contributed by atoms with Gasteiger partial charge in [0.15, 0.2) is 0 Å². The standard InChI is InChI=1S/C15H18N2O/c1-11-4-5-12(9-16-2)14(8-11)13-6-7-15(18-3)17-10-13/h4-8,10,16H,9H2,1-3H3. The second-order valence-corrected chi connectivity index (χ2v) is 4.28. The quantitative estimate of drug-likeness (QED) is 0.895. The monoisotopic (exact) mass is 242 g/mol. The number of pyridine rings is 1. The molecular formula is C15H18N2O. The van der Waals surface area contributed by atoms with Crippen LogP contribution in [0.15, 0.2) is 36.5 Å². The Morgan fingerprint density at radius 3 is 2.67 bits per heavy atom. The molecule has 0 saturated heterocycles. The lowest BCUT2D eigenvalue weighted by Crippen LogP contribution is -2.06. The number of methoxy groups -OCH3 is 1. The summed E-state index contributed by atoms with van der Waals surface area (Å²) in [5.74, 6) is 0.640. The smallest absolute Gasteiger partial charge is 0.212 e. The average Bonchev–Trinajstić information content (AvgIpc) is 2.41. The molecule has 0 amide bonds. The molecule has 0 aliphatic heterocycles. The Kier molecular flexibility index (Phi) is 3.95. The van der Waals surface area contributed by atoms with Crippen molar-refractivity contribution in [2.75, 3.05) is 14.2 Å². The highest BCUT2D eigenvalue weighted by molar-refractivity contribution is 5.67. The van der Waals surface area contributed by atoms with Crippen LogP contribution in [0.1, 0.15) is 11.1 Å². The normalized spacial score (nSPS) is 10.4. The maximum Gasteiger partial charge on any atom is 0.212 e. The first-order chi connectivity index (χ1) is 8.74. The van der Waals surface area contributed by atoms with Crippen LogP contribution in [0.25, 0.3) is 11.1 Å². The fourth-order valence-electron chi connectivity index (χ4n) is 1.96. The van der Waals surface area contributed by atoms with E-state index in [0.717, 1.165) is 12.1 Å². The maximum atomic E-state index is 5.08. The van der Waals surface area contributed by atoms with Crippen LogP contribution >= 0.6 is 0 Å². The van der Waals surface area contributed by atoms with Gasteiger partial charge in [-0.05, 0) is 31.2 Å². The third-order valence-electron chi connectivity index (χ3n) is 2.89. The summed E-state index contributed by atoms with van der Waals surface area (Å²) in [4.78, 5) is 4.26. The van der Waals surface area contributed by atoms with E-state index in [-0.39, 0.29) is 0 Å². The van der Waals surface area contributed by atoms with E-state index in [0.29, 0.717) is 5.88 Å². The molecule has 1 N–H and O–H groups in total. The predicted molar refractivity (Wildman–Crippen MR) is 73.7 cm³/mol. The molecule has 0 radical (unpaired) electrons. The van der Waals surface area contributed by atoms with Crippen LogP contribution in [0.5, 0.6) is 5.88 Å². The van der Waals surface area contributed by atoms with Gasteiger partial charge in [0.05, 0.1) is 7.11 Å². The molecule has 0 atom stereocenters. The predicted octanol–water partition coefficient (Wildman–Crippen LogP) is 2.79. The molecule has 1 aromatic heterocycles. The Balaban J connectivity index is 2.43. The van der Waals surface area contributed by atoms with Gasteiger partial charge in [-0.3, -0.25) is 0 Å². The highest BCUT2D eigenvalue weighted by atomic mass is 16.5. The molecule has 18 heavy (non-hydrogen) atoms. The minimum absolute atomic E-state index is 0.640. The van der Waals surface area contributed by atoms with E-state index >= 15 is 0 Å². The number of benzene rings is 1. The van der Waals surface area contributed by atoms with Crippen molar-refractivity contribution in [2.45, 2.75) is 13.5 Å². The molecule has 1 aromatic carbocycles. The number of aryl methyl sites for hydroxylation is 1. The number of aromatic nitrogens is 1. The Labute approximate surface area is 108 Å². The first kappa shape index (κ1) is 12.6. The highest BCUT2D eigenvalue weighted by Crippen LogP contribution is 2.25. The van der Waals surface area contributed by atoms with Gasteiger partial charge in [0, 0.05) is 24.4 Å². The fourth-order valence-corrected chi connectivity index (χ4v) is 1.96. The van der Waals surface area contributed by atoms with Crippen LogP contribution in [0.3, 0.4) is 0 Å². The van der Waals surface area contributed by atoms with Gasteiger partial charge in [-0.2, -0.15) is 0 Å². The van der Waals surface area contributed by atoms with Gasteiger partial charge in [0.1, 0.15) is 0 Å². The molecule has 2 rings (SSSR count). The van der Waals surface area contributed by atoms with Gasteiger partial charge in [0.2, 0.25) is 5.88 Å². The van der Waals surface area contributed by atoms with Crippen molar-refractivity contribution in [3.8, 4) is 17.0 Å². The Morgan fingerprint density at radius 1 is 1.22 bits per heavy atom. The lowest BCUT2D eigenvalue weighted by Gasteiger charge is -2.10. The first-order valence-corrected chi connectivity index (χ1v) is 5.99. The third-order valence-corrected chi connectivity index (χ3v) is 2.89. The first-order valence-electron chi connectivity index (χ1n) is 5.99. The largest absolute Gasteiger partial charge is 0.481 e. The fraction of sp³-hybridized carbons (Fsp3) is 0.267. The molecule has 0 aliphatic rings. The Morgan fingerprint density at radius 2 is 2.06 bits per heavy atom. The van der Waals surface area contributed by atoms with Gasteiger partial charge in [-0.1, -0.05) is 23.8 Å². The number of hydrogen-bond acceptors (Lipinski definition) is 3. The van der Waals surface area contributed by atoms with Crippen LogP contribution in [0.4, 0.5) is 0 Å². The van der Waals surface area contributed by atoms with E-state index in [1.54, 1.807) is 7.11 Å². The number of ether oxygens (including phenoxy) is 1. The lowest BCUT2D eigenvalue weighted by molar-refractivity contribution is 0.398. The van der Waals surface area contributed by atoms with Crippen molar-refractivity contribution >= 4 is 0 Å². The second kappa shape index (κ2) is 5.65. The zero-order chi connectivity index (χ0) is 13.0. The van der Waals surface area contributed by atoms with Gasteiger partial charge >= 0.3 is 0 Å². The summed E-state index contributed by atoms with van der Waals surface area (Å²) in [5, 5.41) is 3.19. The number of nitrogens with zero attached hydrogens (tertiary/aromatic N) is 1. The van der Waals surface area contributed by atoms with Crippen LogP contribution in [-0.4, -0.2) is 19.1 Å². The summed E-state index contributed by atoms with van der Waals surface area (Å²) < 4.78 is 5.08. The average molecular weight is 242 g/mol. The van der Waals surface area contributed by atoms with Crippen LogP contribution in [-0.2, 0) is 6.54 Å². The topological polar surface area (TPSA) is 34.1 Å². The number of hydrogen-bond donors (Lipinski definition) is 1. The van der Waals surface area contributed by atoms with Crippen LogP contribution in [0.2, 0.25) is 0 Å². The Bertz CT molecular complexity index is 521. The molecule has 94 valence electrons. The van der Waals surface area contributed by atoms with E-state index in [4.69, 9.17) is 4.74 Å². The van der Waals surface area contributed by atoms with Crippen LogP contribution in [0, 0.1) is 6.92 Å². The molecule has 3 heteroatoms. The molecule has 1 heterocycles. The third kappa shape index (κ3) is 2.68. The van der Waals surface area contributed by atoms with E-state index < -0.39 is 0 Å². The van der Waals surface area contributed by atoms with Crippen molar-refractivity contribution in [1.82, 2.24) is 10.3 Å². The van der Waals surface area contributed by atoms with E-state index in [2.05, 4.69) is 35.4 Å². The summed E-state index contributed by atoms with van der Waals surface area (Å²) >= 11 is 0. The molecule has 0 aliphatic carbocycles. The van der Waals surface area contributed by atoms with Crippen LogP contribution < -0.4 is 10.1 Å². The van der Waals surface area contributed by atoms with Gasteiger partial charge < -0.3 is 10.1 Å². The van der Waals surface area contributed by atoms with Gasteiger partial charge in [-0.25, -0.2) is 4.98 Å². The number of rotatable bonds is 4. The maximum absolute atomic E-state index is 5.08. The van der Waals surface area contributed by atoms with Gasteiger partial charge in [0.25, 0.3) is 0 Å². The summed E-state index contributed by atoms with van der Waals surface area (Å²) in [5.41, 5.74) is 4.86. The molecular weight excluding hydrogens is 224 g/mol. The molecule has 2 aromatic rings.